The lowest BCUT2D eigenvalue weighted by Crippen LogP contribution is -2.54. The molecule has 13 heteroatoms. The van der Waals surface area contributed by atoms with E-state index in [9.17, 15) is 14.4 Å². The molecule has 1 saturated heterocycles. The summed E-state index contributed by atoms with van der Waals surface area (Å²) in [5.74, 6) is -0.604. The fourth-order valence-corrected chi connectivity index (χ4v) is 5.47. The highest BCUT2D eigenvalue weighted by molar-refractivity contribution is 14.1. The lowest BCUT2D eigenvalue weighted by atomic mass is 10.1. The van der Waals surface area contributed by atoms with Gasteiger partial charge in [-0.2, -0.15) is 0 Å². The third-order valence-electron chi connectivity index (χ3n) is 5.86. The van der Waals surface area contributed by atoms with Gasteiger partial charge in [0, 0.05) is 27.7 Å². The summed E-state index contributed by atoms with van der Waals surface area (Å²) in [6, 6.07) is 10.3. The monoisotopic (exact) mass is 730 g/mol. The molecule has 3 aromatic carbocycles. The molecular formula is C28H22Cl3IN2O7. The van der Waals surface area contributed by atoms with Gasteiger partial charge >= 0.3 is 6.03 Å². The molecule has 0 atom stereocenters. The minimum atomic E-state index is -0.952. The molecule has 0 aromatic heterocycles. The number of ether oxygens (including phenoxy) is 4. The maximum absolute atomic E-state index is 13.6. The van der Waals surface area contributed by atoms with Crippen LogP contribution in [0.2, 0.25) is 15.1 Å². The van der Waals surface area contributed by atoms with Crippen molar-refractivity contribution in [2.45, 2.75) is 13.5 Å². The van der Waals surface area contributed by atoms with Gasteiger partial charge in [-0.1, -0.05) is 40.9 Å². The molecule has 9 nitrogen and oxygen atoms in total. The predicted molar refractivity (Wildman–Crippen MR) is 165 cm³/mol. The number of urea groups is 1. The molecule has 0 bridgehead atoms. The molecule has 1 aliphatic rings. The van der Waals surface area contributed by atoms with Gasteiger partial charge in [-0.15, -0.1) is 0 Å². The predicted octanol–water partition coefficient (Wildman–Crippen LogP) is 6.91. The summed E-state index contributed by atoms with van der Waals surface area (Å²) in [5, 5.41) is 3.33. The van der Waals surface area contributed by atoms with Gasteiger partial charge < -0.3 is 18.9 Å². The van der Waals surface area contributed by atoms with E-state index in [2.05, 4.69) is 27.9 Å². The molecule has 0 saturated carbocycles. The first kappa shape index (κ1) is 30.8. The molecule has 41 heavy (non-hydrogen) atoms. The van der Waals surface area contributed by atoms with Crippen molar-refractivity contribution in [3.05, 3.63) is 77.8 Å². The number of nitrogens with one attached hydrogen (secondary N) is 1. The first-order valence-corrected chi connectivity index (χ1v) is 14.2. The Morgan fingerprint density at radius 1 is 0.902 bits per heavy atom. The zero-order valence-electron chi connectivity index (χ0n) is 21.8. The Labute approximate surface area is 264 Å². The average Bonchev–Trinajstić information content (AvgIpc) is 2.92. The van der Waals surface area contributed by atoms with Crippen LogP contribution < -0.4 is 29.2 Å². The van der Waals surface area contributed by atoms with E-state index < -0.39 is 17.8 Å². The Morgan fingerprint density at radius 2 is 1.59 bits per heavy atom. The molecule has 0 unspecified atom stereocenters. The van der Waals surface area contributed by atoms with Crippen LogP contribution in [-0.2, 0) is 16.2 Å². The van der Waals surface area contributed by atoms with Crippen LogP contribution in [0.5, 0.6) is 23.0 Å². The van der Waals surface area contributed by atoms with Crippen LogP contribution in [0.25, 0.3) is 6.08 Å². The van der Waals surface area contributed by atoms with Crippen LogP contribution in [-0.4, -0.2) is 38.7 Å². The second-order valence-electron chi connectivity index (χ2n) is 8.37. The number of benzene rings is 3. The maximum atomic E-state index is 13.6. The summed E-state index contributed by atoms with van der Waals surface area (Å²) in [6.45, 7) is 2.21. The molecule has 0 spiro atoms. The van der Waals surface area contributed by atoms with Gasteiger partial charge in [-0.25, -0.2) is 9.69 Å². The van der Waals surface area contributed by atoms with Crippen LogP contribution in [0.4, 0.5) is 10.5 Å². The summed E-state index contributed by atoms with van der Waals surface area (Å²) in [4.78, 5) is 39.9. The fourth-order valence-electron chi connectivity index (χ4n) is 3.95. The summed E-state index contributed by atoms with van der Waals surface area (Å²) in [5.41, 5.74) is 0.815. The van der Waals surface area contributed by atoms with Crippen LogP contribution in [0.1, 0.15) is 18.1 Å². The van der Waals surface area contributed by atoms with Gasteiger partial charge in [0.2, 0.25) is 0 Å². The van der Waals surface area contributed by atoms with Gasteiger partial charge in [0.25, 0.3) is 11.8 Å². The van der Waals surface area contributed by atoms with Crippen molar-refractivity contribution in [3.8, 4) is 23.0 Å². The second-order valence-corrected chi connectivity index (χ2v) is 10.8. The van der Waals surface area contributed by atoms with E-state index in [1.54, 1.807) is 30.3 Å². The average molecular weight is 732 g/mol. The van der Waals surface area contributed by atoms with Crippen molar-refractivity contribution in [1.29, 1.82) is 0 Å². The normalized spacial score (nSPS) is 14.3. The number of hydrogen-bond acceptors (Lipinski definition) is 7. The van der Waals surface area contributed by atoms with E-state index in [0.29, 0.717) is 42.8 Å². The van der Waals surface area contributed by atoms with Crippen molar-refractivity contribution >= 4 is 87.0 Å². The molecule has 0 radical (unpaired) electrons. The van der Waals surface area contributed by atoms with Gasteiger partial charge in [0.15, 0.2) is 11.5 Å². The molecule has 0 aliphatic carbocycles. The third kappa shape index (κ3) is 6.50. The number of barbiturate groups is 1. The number of anilines is 1. The van der Waals surface area contributed by atoms with Gasteiger partial charge in [0.1, 0.15) is 23.7 Å². The molecule has 1 aliphatic heterocycles. The van der Waals surface area contributed by atoms with Crippen LogP contribution in [0.15, 0.2) is 48.0 Å². The molecule has 4 amide bonds. The van der Waals surface area contributed by atoms with Crippen molar-refractivity contribution in [2.24, 2.45) is 0 Å². The van der Waals surface area contributed by atoms with Gasteiger partial charge in [-0.3, -0.25) is 14.9 Å². The smallest absolute Gasteiger partial charge is 0.336 e. The zero-order valence-corrected chi connectivity index (χ0v) is 26.3. The molecule has 1 heterocycles. The lowest BCUT2D eigenvalue weighted by Gasteiger charge is -2.28. The van der Waals surface area contributed by atoms with Crippen molar-refractivity contribution < 1.29 is 33.3 Å². The van der Waals surface area contributed by atoms with E-state index in [0.717, 1.165) is 4.90 Å². The maximum Gasteiger partial charge on any atom is 0.336 e. The van der Waals surface area contributed by atoms with Crippen molar-refractivity contribution in [2.75, 3.05) is 25.7 Å². The third-order valence-corrected chi connectivity index (χ3v) is 7.67. The molecule has 1 fully saturated rings. The molecule has 1 N–H and O–H groups in total. The number of hydrogen-bond donors (Lipinski definition) is 1. The van der Waals surface area contributed by atoms with Crippen LogP contribution in [0.3, 0.4) is 0 Å². The minimum Gasteiger partial charge on any atom is -0.495 e. The Hall–Kier alpha value is -3.19. The van der Waals surface area contributed by atoms with E-state index >= 15 is 0 Å². The van der Waals surface area contributed by atoms with Gasteiger partial charge in [-0.05, 0) is 65.4 Å². The Kier molecular flexibility index (Phi) is 9.90. The van der Waals surface area contributed by atoms with Crippen molar-refractivity contribution in [1.82, 2.24) is 5.32 Å². The van der Waals surface area contributed by atoms with E-state index in [-0.39, 0.29) is 34.4 Å². The van der Waals surface area contributed by atoms with Gasteiger partial charge in [0.05, 0.1) is 35.1 Å². The van der Waals surface area contributed by atoms with Crippen molar-refractivity contribution in [3.63, 3.8) is 0 Å². The molecular weight excluding hydrogens is 710 g/mol. The van der Waals surface area contributed by atoms with Crippen LogP contribution in [0, 0.1) is 3.57 Å². The number of carbonyl (C=O) groups is 3. The summed E-state index contributed by atoms with van der Waals surface area (Å²) in [6.07, 6.45) is 1.36. The number of amides is 4. The number of methoxy groups -OCH3 is 2. The number of nitrogens with zero attached hydrogens (tertiary/aromatic N) is 1. The SMILES string of the molecule is CCOc1cc(/C=C2\C(=O)NC(=O)N(c3cc(OC)c(Cl)cc3OC)C2=O)cc(I)c1OCc1c(Cl)cccc1Cl. The fraction of sp³-hybridized carbons (Fsp3) is 0.179. The van der Waals surface area contributed by atoms with Crippen LogP contribution >= 0.6 is 57.4 Å². The Balaban J connectivity index is 1.72. The summed E-state index contributed by atoms with van der Waals surface area (Å²) in [7, 11) is 2.74. The zero-order chi connectivity index (χ0) is 29.8. The molecule has 214 valence electrons. The number of rotatable bonds is 9. The summed E-state index contributed by atoms with van der Waals surface area (Å²) >= 11 is 20.8. The highest BCUT2D eigenvalue weighted by Crippen LogP contribution is 2.40. The first-order valence-electron chi connectivity index (χ1n) is 11.9. The van der Waals surface area contributed by atoms with E-state index in [4.69, 9.17) is 53.8 Å². The Bertz CT molecular complexity index is 1560. The highest BCUT2D eigenvalue weighted by Gasteiger charge is 2.38. The second kappa shape index (κ2) is 13.2. The quantitative estimate of drug-likeness (QED) is 0.145. The Morgan fingerprint density at radius 3 is 2.22 bits per heavy atom. The first-order chi connectivity index (χ1) is 19.6. The topological polar surface area (TPSA) is 103 Å². The molecule has 4 rings (SSSR count). The molecule has 3 aromatic rings. The number of imide groups is 2. The highest BCUT2D eigenvalue weighted by atomic mass is 127. The number of halogens is 4. The largest absolute Gasteiger partial charge is 0.495 e. The standard InChI is InChI=1S/C28H22Cl3IN2O7/c1-4-40-24-10-14(9-20(32)25(24)41-13-16-17(29)6-5-7-18(16)30)8-15-26(35)33-28(37)34(27(15)36)21-12-22(38-2)19(31)11-23(21)39-3/h5-12H,4,13H2,1-3H3,(H,33,35,37)/b15-8+. The number of carbonyl (C=O) groups excluding carboxylic acids is 3. The lowest BCUT2D eigenvalue weighted by molar-refractivity contribution is -0.122. The minimum absolute atomic E-state index is 0.0428. The summed E-state index contributed by atoms with van der Waals surface area (Å²) < 4.78 is 23.0. The van der Waals surface area contributed by atoms with E-state index in [1.807, 2.05) is 6.92 Å². The van der Waals surface area contributed by atoms with E-state index in [1.165, 1.54) is 32.4 Å².